The van der Waals surface area contributed by atoms with E-state index in [-0.39, 0.29) is 0 Å². The maximum Gasteiger partial charge on any atom is 0.0406 e. The van der Waals surface area contributed by atoms with E-state index >= 15 is 0 Å². The molecule has 0 aliphatic rings. The van der Waals surface area contributed by atoms with Gasteiger partial charge in [0.1, 0.15) is 0 Å². The number of hydrogen-bond donors (Lipinski definition) is 1. The Kier molecular flexibility index (Phi) is 5.38. The molecule has 0 spiro atoms. The smallest absolute Gasteiger partial charge is 0.0406 e. The van der Waals surface area contributed by atoms with Gasteiger partial charge in [0.2, 0.25) is 0 Å². The van der Waals surface area contributed by atoms with Crippen LogP contribution in [-0.4, -0.2) is 6.04 Å². The summed E-state index contributed by atoms with van der Waals surface area (Å²) in [7, 11) is 0. The Bertz CT molecular complexity index is 350. The minimum absolute atomic E-state index is 0.339. The summed E-state index contributed by atoms with van der Waals surface area (Å²) in [5, 5.41) is 4.29. The van der Waals surface area contributed by atoms with Crippen LogP contribution in [0, 0.1) is 12.3 Å². The second-order valence-electron chi connectivity index (χ2n) is 3.99. The molecular formula is C14H18ClN. The first-order chi connectivity index (χ1) is 7.67. The average molecular weight is 236 g/mol. The standard InChI is InChI=1S/C14H18ClN/c1-4-6-11(3)16-14(5-2)12-7-9-13(15)10-8-12/h1,7-11,14,16H,5-6H2,2-3H3. The van der Waals surface area contributed by atoms with Crippen molar-refractivity contribution < 1.29 is 0 Å². The Morgan fingerprint density at radius 2 is 2.00 bits per heavy atom. The van der Waals surface area contributed by atoms with Crippen molar-refractivity contribution in [2.45, 2.75) is 38.8 Å². The van der Waals surface area contributed by atoms with E-state index in [0.29, 0.717) is 12.1 Å². The molecule has 0 bridgehead atoms. The van der Waals surface area contributed by atoms with Crippen LogP contribution in [0.15, 0.2) is 24.3 Å². The zero-order chi connectivity index (χ0) is 12.0. The molecule has 0 amide bonds. The Morgan fingerprint density at radius 3 is 2.50 bits per heavy atom. The van der Waals surface area contributed by atoms with Crippen molar-refractivity contribution in [3.05, 3.63) is 34.9 Å². The van der Waals surface area contributed by atoms with Gasteiger partial charge in [-0.25, -0.2) is 0 Å². The molecule has 1 nitrogen and oxygen atoms in total. The van der Waals surface area contributed by atoms with Crippen LogP contribution in [0.3, 0.4) is 0 Å². The molecule has 2 heteroatoms. The molecule has 2 atom stereocenters. The summed E-state index contributed by atoms with van der Waals surface area (Å²) >= 11 is 5.87. The van der Waals surface area contributed by atoms with Crippen LogP contribution < -0.4 is 5.32 Å². The van der Waals surface area contributed by atoms with Gasteiger partial charge in [0.15, 0.2) is 0 Å². The molecule has 0 aromatic heterocycles. The zero-order valence-electron chi connectivity index (χ0n) is 9.83. The van der Waals surface area contributed by atoms with Gasteiger partial charge in [0, 0.05) is 23.5 Å². The summed E-state index contributed by atoms with van der Waals surface area (Å²) in [6.07, 6.45) is 7.09. The lowest BCUT2D eigenvalue weighted by Gasteiger charge is -2.21. The van der Waals surface area contributed by atoms with Crippen LogP contribution in [0.2, 0.25) is 5.02 Å². The Morgan fingerprint density at radius 1 is 1.38 bits per heavy atom. The summed E-state index contributed by atoms with van der Waals surface area (Å²) < 4.78 is 0. The molecule has 2 unspecified atom stereocenters. The van der Waals surface area contributed by atoms with Crippen molar-refractivity contribution in [2.75, 3.05) is 0 Å². The van der Waals surface area contributed by atoms with Gasteiger partial charge in [-0.15, -0.1) is 12.3 Å². The second-order valence-corrected chi connectivity index (χ2v) is 4.42. The van der Waals surface area contributed by atoms with E-state index in [1.165, 1.54) is 5.56 Å². The van der Waals surface area contributed by atoms with E-state index in [9.17, 15) is 0 Å². The fourth-order valence-electron chi connectivity index (χ4n) is 1.72. The summed E-state index contributed by atoms with van der Waals surface area (Å²) in [5.74, 6) is 2.67. The summed E-state index contributed by atoms with van der Waals surface area (Å²) in [4.78, 5) is 0. The van der Waals surface area contributed by atoms with Crippen LogP contribution in [0.1, 0.15) is 38.3 Å². The van der Waals surface area contributed by atoms with Gasteiger partial charge >= 0.3 is 0 Å². The highest BCUT2D eigenvalue weighted by Crippen LogP contribution is 2.19. The number of rotatable bonds is 5. The minimum atomic E-state index is 0.339. The van der Waals surface area contributed by atoms with Gasteiger partial charge in [-0.3, -0.25) is 0 Å². The van der Waals surface area contributed by atoms with E-state index in [2.05, 4.69) is 37.2 Å². The molecule has 1 aromatic rings. The largest absolute Gasteiger partial charge is 0.307 e. The molecule has 86 valence electrons. The molecule has 0 radical (unpaired) electrons. The lowest BCUT2D eigenvalue weighted by Crippen LogP contribution is -2.29. The first-order valence-electron chi connectivity index (χ1n) is 5.62. The third-order valence-electron chi connectivity index (χ3n) is 2.59. The molecular weight excluding hydrogens is 218 g/mol. The predicted octanol–water partition coefficient (Wildman–Crippen LogP) is 3.79. The highest BCUT2D eigenvalue weighted by Gasteiger charge is 2.11. The van der Waals surface area contributed by atoms with Crippen LogP contribution in [0.4, 0.5) is 0 Å². The molecule has 16 heavy (non-hydrogen) atoms. The van der Waals surface area contributed by atoms with Crippen molar-refractivity contribution in [2.24, 2.45) is 0 Å². The van der Waals surface area contributed by atoms with E-state index in [0.717, 1.165) is 17.9 Å². The highest BCUT2D eigenvalue weighted by atomic mass is 35.5. The fraction of sp³-hybridized carbons (Fsp3) is 0.429. The molecule has 0 aliphatic heterocycles. The van der Waals surface area contributed by atoms with Crippen LogP contribution in [-0.2, 0) is 0 Å². The summed E-state index contributed by atoms with van der Waals surface area (Å²) in [5.41, 5.74) is 1.26. The number of benzene rings is 1. The van der Waals surface area contributed by atoms with E-state index in [1.54, 1.807) is 0 Å². The topological polar surface area (TPSA) is 12.0 Å². The lowest BCUT2D eigenvalue weighted by molar-refractivity contribution is 0.451. The lowest BCUT2D eigenvalue weighted by atomic mass is 10.0. The van der Waals surface area contributed by atoms with Gasteiger partial charge in [0.05, 0.1) is 0 Å². The van der Waals surface area contributed by atoms with Gasteiger partial charge in [-0.1, -0.05) is 30.7 Å². The minimum Gasteiger partial charge on any atom is -0.307 e. The van der Waals surface area contributed by atoms with Crippen molar-refractivity contribution >= 4 is 11.6 Å². The number of nitrogens with one attached hydrogen (secondary N) is 1. The number of hydrogen-bond acceptors (Lipinski definition) is 1. The second kappa shape index (κ2) is 6.58. The fourth-order valence-corrected chi connectivity index (χ4v) is 1.85. The Labute approximate surface area is 103 Å². The highest BCUT2D eigenvalue weighted by molar-refractivity contribution is 6.30. The van der Waals surface area contributed by atoms with Crippen LogP contribution in [0.5, 0.6) is 0 Å². The maximum absolute atomic E-state index is 5.87. The van der Waals surface area contributed by atoms with Crippen LogP contribution in [0.25, 0.3) is 0 Å². The zero-order valence-corrected chi connectivity index (χ0v) is 10.6. The quantitative estimate of drug-likeness (QED) is 0.766. The van der Waals surface area contributed by atoms with E-state index in [4.69, 9.17) is 18.0 Å². The third kappa shape index (κ3) is 3.89. The average Bonchev–Trinajstić information content (AvgIpc) is 2.27. The monoisotopic (exact) mass is 235 g/mol. The number of terminal acetylenes is 1. The molecule has 0 heterocycles. The van der Waals surface area contributed by atoms with Crippen molar-refractivity contribution in [3.63, 3.8) is 0 Å². The van der Waals surface area contributed by atoms with Gasteiger partial charge in [0.25, 0.3) is 0 Å². The third-order valence-corrected chi connectivity index (χ3v) is 2.84. The molecule has 1 rings (SSSR count). The summed E-state index contributed by atoms with van der Waals surface area (Å²) in [6.45, 7) is 4.27. The molecule has 0 saturated carbocycles. The normalized spacial score (nSPS) is 14.1. The number of halogens is 1. The van der Waals surface area contributed by atoms with Gasteiger partial charge in [-0.2, -0.15) is 0 Å². The molecule has 0 aliphatic carbocycles. The van der Waals surface area contributed by atoms with E-state index < -0.39 is 0 Å². The summed E-state index contributed by atoms with van der Waals surface area (Å²) in [6, 6.07) is 8.66. The Hall–Kier alpha value is -0.970. The SMILES string of the molecule is C#CCC(C)NC(CC)c1ccc(Cl)cc1. The Balaban J connectivity index is 2.67. The molecule has 1 aromatic carbocycles. The maximum atomic E-state index is 5.87. The van der Waals surface area contributed by atoms with Crippen molar-refractivity contribution in [1.82, 2.24) is 5.32 Å². The molecule has 0 saturated heterocycles. The molecule has 1 N–H and O–H groups in total. The van der Waals surface area contributed by atoms with Gasteiger partial charge in [-0.05, 0) is 31.0 Å². The van der Waals surface area contributed by atoms with Crippen molar-refractivity contribution in [1.29, 1.82) is 0 Å². The van der Waals surface area contributed by atoms with Gasteiger partial charge < -0.3 is 5.32 Å². The first-order valence-corrected chi connectivity index (χ1v) is 6.00. The first kappa shape index (κ1) is 13.1. The van der Waals surface area contributed by atoms with Crippen LogP contribution >= 0.6 is 11.6 Å². The molecule has 0 fully saturated rings. The van der Waals surface area contributed by atoms with Crippen molar-refractivity contribution in [3.8, 4) is 12.3 Å². The predicted molar refractivity (Wildman–Crippen MR) is 70.5 cm³/mol. The van der Waals surface area contributed by atoms with E-state index in [1.807, 2.05) is 12.1 Å².